The Morgan fingerprint density at radius 3 is 2.25 bits per heavy atom. The van der Waals surface area contributed by atoms with E-state index in [9.17, 15) is 0 Å². The van der Waals surface area contributed by atoms with Gasteiger partial charge in [0.25, 0.3) is 0 Å². The highest BCUT2D eigenvalue weighted by Gasteiger charge is 2.14. The lowest BCUT2D eigenvalue weighted by Gasteiger charge is -2.12. The van der Waals surface area contributed by atoms with Crippen LogP contribution in [0.25, 0.3) is 0 Å². The molecule has 0 saturated heterocycles. The summed E-state index contributed by atoms with van der Waals surface area (Å²) in [5, 5.41) is 0. The summed E-state index contributed by atoms with van der Waals surface area (Å²) in [6.07, 6.45) is 1.25. The molecule has 0 aliphatic carbocycles. The van der Waals surface area contributed by atoms with Gasteiger partial charge in [-0.25, -0.2) is 0 Å². The van der Waals surface area contributed by atoms with E-state index in [0.29, 0.717) is 0 Å². The van der Waals surface area contributed by atoms with Crippen molar-refractivity contribution < 1.29 is 0 Å². The van der Waals surface area contributed by atoms with Crippen molar-refractivity contribution in [1.82, 2.24) is 0 Å². The van der Waals surface area contributed by atoms with E-state index >= 15 is 0 Å². The van der Waals surface area contributed by atoms with Crippen molar-refractivity contribution in [1.29, 1.82) is 0 Å². The van der Waals surface area contributed by atoms with Gasteiger partial charge in [0.15, 0.2) is 0 Å². The number of halogens is 1. The van der Waals surface area contributed by atoms with Crippen molar-refractivity contribution in [3.05, 3.63) is 35.9 Å². The molecule has 0 bridgehead atoms. The minimum Gasteiger partial charge on any atom is -0.119 e. The van der Waals surface area contributed by atoms with E-state index in [0.717, 1.165) is 0 Å². The third kappa shape index (κ3) is 4.26. The molecule has 0 radical (unpaired) electrons. The zero-order chi connectivity index (χ0) is 9.03. The van der Waals surface area contributed by atoms with Gasteiger partial charge in [0.2, 0.25) is 0 Å². The Morgan fingerprint density at radius 1 is 1.17 bits per heavy atom. The predicted octanol–water partition coefficient (Wildman–Crippen LogP) is 3.87. The molecular weight excluding hydrogens is 275 g/mol. The third-order valence-electron chi connectivity index (χ3n) is 1.85. The van der Waals surface area contributed by atoms with E-state index in [-0.39, 0.29) is 0 Å². The Kier molecular flexibility index (Phi) is 3.77. The highest BCUT2D eigenvalue weighted by atomic mass is 127. The van der Waals surface area contributed by atoms with Gasteiger partial charge in [0.05, 0.1) is 0 Å². The molecule has 0 fully saturated rings. The summed E-state index contributed by atoms with van der Waals surface area (Å²) in [6.45, 7) is 4.83. The summed E-state index contributed by atoms with van der Waals surface area (Å²) in [7, 11) is 0. The highest BCUT2D eigenvalue weighted by molar-refractivity contribution is 14.1. The van der Waals surface area contributed by atoms with E-state index in [1.807, 2.05) is 0 Å². The molecule has 0 amide bonds. The van der Waals surface area contributed by atoms with Crippen LogP contribution in [0.3, 0.4) is 0 Å². The van der Waals surface area contributed by atoms with Gasteiger partial charge in [-0.2, -0.15) is 0 Å². The summed E-state index contributed by atoms with van der Waals surface area (Å²) in [5.41, 5.74) is 0.611. The van der Waals surface area contributed by atoms with Crippen molar-refractivity contribution in [3.8, 4) is 0 Å². The Bertz CT molecular complexity index is 225. The third-order valence-corrected chi connectivity index (χ3v) is 4.91. The molecular formula is C10H15ISi. The Hall–Kier alpha value is 0.167. The van der Waals surface area contributed by atoms with E-state index in [1.54, 1.807) is 0 Å². The second-order valence-corrected chi connectivity index (χ2v) is 16.4. The zero-order valence-electron chi connectivity index (χ0n) is 7.68. The van der Waals surface area contributed by atoms with Crippen LogP contribution in [0.2, 0.25) is 19.1 Å². The van der Waals surface area contributed by atoms with Gasteiger partial charge in [-0.3, -0.25) is 0 Å². The largest absolute Gasteiger partial charge is 0.119 e. The maximum atomic E-state index is 2.64. The zero-order valence-corrected chi connectivity index (χ0v) is 10.8. The van der Waals surface area contributed by atoms with E-state index < -0.39 is 5.57 Å². The average molecular weight is 290 g/mol. The molecule has 1 rings (SSSR count). The Labute approximate surface area is 88.6 Å². The van der Waals surface area contributed by atoms with Crippen LogP contribution in [0, 0.1) is 0 Å². The number of benzene rings is 1. The Balaban J connectivity index is 2.44. The molecule has 1 aromatic rings. The summed E-state index contributed by atoms with van der Waals surface area (Å²) in [6, 6.07) is 12.1. The molecule has 1 aromatic carbocycles. The molecule has 0 nitrogen and oxygen atoms in total. The van der Waals surface area contributed by atoms with Crippen LogP contribution in [-0.4, -0.2) is 5.57 Å². The molecule has 0 aliphatic rings. The fourth-order valence-electron chi connectivity index (χ4n) is 1.09. The number of aryl methyl sites for hydroxylation is 1. The molecule has 0 saturated carbocycles. The SMILES string of the molecule is C[Si](C)(I)CCc1ccccc1. The van der Waals surface area contributed by atoms with Crippen molar-refractivity contribution >= 4 is 27.4 Å². The first-order valence-electron chi connectivity index (χ1n) is 4.31. The first-order valence-corrected chi connectivity index (χ1v) is 10.6. The Morgan fingerprint density at radius 2 is 1.75 bits per heavy atom. The first kappa shape index (κ1) is 10.2. The summed E-state index contributed by atoms with van der Waals surface area (Å²) >= 11 is 2.64. The molecule has 0 unspecified atom stereocenters. The highest BCUT2D eigenvalue weighted by Crippen LogP contribution is 2.20. The van der Waals surface area contributed by atoms with Crippen LogP contribution in [0.1, 0.15) is 5.56 Å². The second kappa shape index (κ2) is 4.42. The van der Waals surface area contributed by atoms with E-state index in [4.69, 9.17) is 0 Å². The van der Waals surface area contributed by atoms with Crippen LogP contribution in [-0.2, 0) is 6.42 Å². The first-order chi connectivity index (χ1) is 5.58. The average Bonchev–Trinajstić information content (AvgIpc) is 2.02. The normalized spacial score (nSPS) is 11.6. The van der Waals surface area contributed by atoms with Crippen LogP contribution in [0.4, 0.5) is 0 Å². The molecule has 0 aliphatic heterocycles. The van der Waals surface area contributed by atoms with Crippen molar-refractivity contribution in [3.63, 3.8) is 0 Å². The molecule has 0 atom stereocenters. The van der Waals surface area contributed by atoms with E-state index in [2.05, 4.69) is 65.2 Å². The van der Waals surface area contributed by atoms with E-state index in [1.165, 1.54) is 18.0 Å². The maximum absolute atomic E-state index is 2.64. The fourth-order valence-corrected chi connectivity index (χ4v) is 2.78. The van der Waals surface area contributed by atoms with Gasteiger partial charge in [0.1, 0.15) is 5.57 Å². The molecule has 12 heavy (non-hydrogen) atoms. The smallest absolute Gasteiger partial charge is 0.119 e. The number of hydrogen-bond donors (Lipinski definition) is 0. The predicted molar refractivity (Wildman–Crippen MR) is 66.5 cm³/mol. The lowest BCUT2D eigenvalue weighted by atomic mass is 10.2. The standard InChI is InChI=1S/C10H15ISi/c1-12(2,11)9-8-10-6-4-3-5-7-10/h3-7H,8-9H2,1-2H3. The molecule has 0 heterocycles. The van der Waals surface area contributed by atoms with Gasteiger partial charge in [-0.15, -0.1) is 21.8 Å². The van der Waals surface area contributed by atoms with Gasteiger partial charge in [-0.1, -0.05) is 43.4 Å². The monoisotopic (exact) mass is 290 g/mol. The fraction of sp³-hybridized carbons (Fsp3) is 0.400. The summed E-state index contributed by atoms with van der Waals surface area (Å²) in [5.74, 6) is 0. The maximum Gasteiger partial charge on any atom is 0.119 e. The van der Waals surface area contributed by atoms with Crippen LogP contribution in [0.5, 0.6) is 0 Å². The number of hydrogen-bond acceptors (Lipinski definition) is 0. The van der Waals surface area contributed by atoms with Crippen molar-refractivity contribution in [2.45, 2.75) is 25.6 Å². The minimum atomic E-state index is -0.870. The molecule has 0 spiro atoms. The molecule has 2 heteroatoms. The topological polar surface area (TPSA) is 0 Å². The van der Waals surface area contributed by atoms with Gasteiger partial charge in [-0.05, 0) is 18.0 Å². The summed E-state index contributed by atoms with van der Waals surface area (Å²) in [4.78, 5) is 0. The number of rotatable bonds is 3. The lowest BCUT2D eigenvalue weighted by molar-refractivity contribution is 1.11. The van der Waals surface area contributed by atoms with Gasteiger partial charge in [0, 0.05) is 0 Å². The van der Waals surface area contributed by atoms with Crippen LogP contribution < -0.4 is 0 Å². The van der Waals surface area contributed by atoms with Crippen LogP contribution in [0.15, 0.2) is 30.3 Å². The quantitative estimate of drug-likeness (QED) is 0.450. The van der Waals surface area contributed by atoms with Crippen molar-refractivity contribution in [2.24, 2.45) is 0 Å². The molecule has 0 N–H and O–H groups in total. The van der Waals surface area contributed by atoms with Crippen LogP contribution >= 0.6 is 21.8 Å². The minimum absolute atomic E-state index is 0.870. The second-order valence-electron chi connectivity index (χ2n) is 3.70. The van der Waals surface area contributed by atoms with Gasteiger partial charge >= 0.3 is 0 Å². The van der Waals surface area contributed by atoms with Crippen molar-refractivity contribution in [2.75, 3.05) is 0 Å². The molecule has 0 aromatic heterocycles. The lowest BCUT2D eigenvalue weighted by Crippen LogP contribution is -2.15. The van der Waals surface area contributed by atoms with Gasteiger partial charge < -0.3 is 0 Å². The summed E-state index contributed by atoms with van der Waals surface area (Å²) < 4.78 is 0. The molecule has 66 valence electrons.